The average molecular weight is 130 g/mol. The highest BCUT2D eigenvalue weighted by atomic mass is 17.3. The summed E-state index contributed by atoms with van der Waals surface area (Å²) in [7, 11) is 0. The SMILES string of the molecule is CC12CCCC(OO1)O2. The third-order valence-corrected chi connectivity index (χ3v) is 1.78. The van der Waals surface area contributed by atoms with Gasteiger partial charge < -0.3 is 4.74 Å². The largest absolute Gasteiger partial charge is 0.315 e. The molecule has 0 amide bonds. The van der Waals surface area contributed by atoms with Gasteiger partial charge in [-0.25, -0.2) is 4.89 Å². The second-order valence-corrected chi connectivity index (χ2v) is 2.75. The van der Waals surface area contributed by atoms with Gasteiger partial charge in [0, 0.05) is 12.8 Å². The van der Waals surface area contributed by atoms with Crippen LogP contribution in [0.3, 0.4) is 0 Å². The third kappa shape index (κ3) is 0.852. The summed E-state index contributed by atoms with van der Waals surface area (Å²) in [5, 5.41) is 0. The van der Waals surface area contributed by atoms with Crippen LogP contribution < -0.4 is 0 Å². The van der Waals surface area contributed by atoms with Crippen molar-refractivity contribution >= 4 is 0 Å². The topological polar surface area (TPSA) is 27.7 Å². The standard InChI is InChI=1S/C6H10O3/c1-6-4-2-3-5(7-6)8-9-6/h5H,2-4H2,1H3. The first-order valence-electron chi connectivity index (χ1n) is 3.31. The minimum atomic E-state index is -0.428. The lowest BCUT2D eigenvalue weighted by atomic mass is 10.1. The molecule has 0 spiro atoms. The summed E-state index contributed by atoms with van der Waals surface area (Å²) in [6.07, 6.45) is 2.96. The van der Waals surface area contributed by atoms with E-state index >= 15 is 0 Å². The Bertz CT molecular complexity index is 121. The molecule has 0 radical (unpaired) electrons. The highest BCUT2D eigenvalue weighted by Gasteiger charge is 2.42. The van der Waals surface area contributed by atoms with Crippen molar-refractivity contribution in [1.29, 1.82) is 0 Å². The van der Waals surface area contributed by atoms with Gasteiger partial charge >= 0.3 is 0 Å². The number of hydrogen-bond donors (Lipinski definition) is 0. The molecule has 0 aromatic rings. The summed E-state index contributed by atoms with van der Waals surface area (Å²) in [4.78, 5) is 9.80. The predicted octanol–water partition coefficient (Wildman–Crippen LogP) is 1.19. The van der Waals surface area contributed by atoms with Crippen LogP contribution in [-0.2, 0) is 14.5 Å². The van der Waals surface area contributed by atoms with Gasteiger partial charge in [0.1, 0.15) is 0 Å². The zero-order chi connectivity index (χ0) is 6.32. The fourth-order valence-corrected chi connectivity index (χ4v) is 1.27. The van der Waals surface area contributed by atoms with E-state index in [0.717, 1.165) is 19.3 Å². The van der Waals surface area contributed by atoms with Crippen molar-refractivity contribution in [2.75, 3.05) is 0 Å². The summed E-state index contributed by atoms with van der Waals surface area (Å²) in [5.74, 6) is -0.428. The van der Waals surface area contributed by atoms with Gasteiger partial charge in [-0.15, -0.1) is 0 Å². The van der Waals surface area contributed by atoms with Gasteiger partial charge in [-0.3, -0.25) is 0 Å². The molecule has 2 rings (SSSR count). The van der Waals surface area contributed by atoms with Gasteiger partial charge in [-0.05, 0) is 13.3 Å². The highest BCUT2D eigenvalue weighted by Crippen LogP contribution is 2.36. The van der Waals surface area contributed by atoms with Gasteiger partial charge in [-0.2, -0.15) is 4.89 Å². The molecular formula is C6H10O3. The van der Waals surface area contributed by atoms with Crippen molar-refractivity contribution in [3.8, 4) is 0 Å². The summed E-state index contributed by atoms with van der Waals surface area (Å²) in [6.45, 7) is 1.91. The number of hydrogen-bond acceptors (Lipinski definition) is 3. The molecule has 9 heavy (non-hydrogen) atoms. The number of ether oxygens (including phenoxy) is 1. The van der Waals surface area contributed by atoms with Crippen LogP contribution in [0, 0.1) is 0 Å². The molecule has 0 aromatic carbocycles. The third-order valence-electron chi connectivity index (χ3n) is 1.78. The van der Waals surface area contributed by atoms with E-state index in [2.05, 4.69) is 0 Å². The van der Waals surface area contributed by atoms with Crippen LogP contribution in [0.25, 0.3) is 0 Å². The van der Waals surface area contributed by atoms with E-state index in [1.54, 1.807) is 0 Å². The summed E-state index contributed by atoms with van der Waals surface area (Å²) >= 11 is 0. The first-order valence-corrected chi connectivity index (χ1v) is 3.31. The summed E-state index contributed by atoms with van der Waals surface area (Å²) in [6, 6.07) is 0. The molecule has 2 fully saturated rings. The van der Waals surface area contributed by atoms with Crippen LogP contribution >= 0.6 is 0 Å². The molecule has 3 nitrogen and oxygen atoms in total. The Hall–Kier alpha value is -0.120. The predicted molar refractivity (Wildman–Crippen MR) is 29.3 cm³/mol. The molecule has 0 saturated carbocycles. The summed E-state index contributed by atoms with van der Waals surface area (Å²) < 4.78 is 5.34. The number of fused-ring (bicyclic) bond motifs is 2. The van der Waals surface area contributed by atoms with Crippen molar-refractivity contribution in [2.45, 2.75) is 38.3 Å². The molecule has 2 aliphatic rings. The Morgan fingerprint density at radius 3 is 3.11 bits per heavy atom. The van der Waals surface area contributed by atoms with E-state index < -0.39 is 5.79 Å². The molecule has 2 aliphatic heterocycles. The average Bonchev–Trinajstić information content (AvgIpc) is 2.07. The Morgan fingerprint density at radius 2 is 2.44 bits per heavy atom. The van der Waals surface area contributed by atoms with E-state index in [1.165, 1.54) is 0 Å². The number of rotatable bonds is 0. The van der Waals surface area contributed by atoms with Gasteiger partial charge in [0.05, 0.1) is 0 Å². The van der Waals surface area contributed by atoms with Crippen LogP contribution in [0.1, 0.15) is 26.2 Å². The van der Waals surface area contributed by atoms with E-state index in [1.807, 2.05) is 6.92 Å². The van der Waals surface area contributed by atoms with Crippen molar-refractivity contribution in [3.05, 3.63) is 0 Å². The van der Waals surface area contributed by atoms with E-state index in [0.29, 0.717) is 0 Å². The van der Waals surface area contributed by atoms with Crippen molar-refractivity contribution in [3.63, 3.8) is 0 Å². The zero-order valence-corrected chi connectivity index (χ0v) is 5.42. The molecule has 2 bridgehead atoms. The Kier molecular flexibility index (Phi) is 1.06. The lowest BCUT2D eigenvalue weighted by molar-refractivity contribution is -0.320. The van der Waals surface area contributed by atoms with Gasteiger partial charge in [0.15, 0.2) is 6.29 Å². The minimum Gasteiger partial charge on any atom is -0.315 e. The first kappa shape index (κ1) is 5.65. The van der Waals surface area contributed by atoms with Gasteiger partial charge in [0.25, 0.3) is 0 Å². The zero-order valence-electron chi connectivity index (χ0n) is 5.42. The fourth-order valence-electron chi connectivity index (χ4n) is 1.27. The van der Waals surface area contributed by atoms with Crippen LogP contribution in [-0.4, -0.2) is 12.1 Å². The minimum absolute atomic E-state index is 0.0938. The maximum atomic E-state index is 5.34. The smallest absolute Gasteiger partial charge is 0.201 e. The van der Waals surface area contributed by atoms with Crippen molar-refractivity contribution in [1.82, 2.24) is 0 Å². The van der Waals surface area contributed by atoms with Gasteiger partial charge in [0.2, 0.25) is 5.79 Å². The Balaban J connectivity index is 2.13. The maximum Gasteiger partial charge on any atom is 0.201 e. The molecular weight excluding hydrogens is 120 g/mol. The first-order chi connectivity index (χ1) is 4.29. The second-order valence-electron chi connectivity index (χ2n) is 2.75. The molecule has 2 saturated heterocycles. The highest BCUT2D eigenvalue weighted by molar-refractivity contribution is 4.71. The fraction of sp³-hybridized carbons (Fsp3) is 1.00. The molecule has 0 N–H and O–H groups in total. The molecule has 0 aromatic heterocycles. The monoisotopic (exact) mass is 130 g/mol. The van der Waals surface area contributed by atoms with Crippen LogP contribution in [0.15, 0.2) is 0 Å². The molecule has 2 unspecified atom stereocenters. The van der Waals surface area contributed by atoms with E-state index in [-0.39, 0.29) is 6.29 Å². The molecule has 0 aliphatic carbocycles. The van der Waals surface area contributed by atoms with Crippen LogP contribution in [0.4, 0.5) is 0 Å². The van der Waals surface area contributed by atoms with E-state index in [9.17, 15) is 0 Å². The normalized spacial score (nSPS) is 49.7. The summed E-state index contributed by atoms with van der Waals surface area (Å²) in [5.41, 5.74) is 0. The van der Waals surface area contributed by atoms with Crippen molar-refractivity contribution < 1.29 is 14.5 Å². The molecule has 2 atom stereocenters. The second kappa shape index (κ2) is 1.68. The lowest BCUT2D eigenvalue weighted by Gasteiger charge is -2.23. The lowest BCUT2D eigenvalue weighted by Crippen LogP contribution is -2.30. The van der Waals surface area contributed by atoms with Gasteiger partial charge in [-0.1, -0.05) is 0 Å². The van der Waals surface area contributed by atoms with Crippen LogP contribution in [0.2, 0.25) is 0 Å². The maximum absolute atomic E-state index is 5.34. The molecule has 2 heterocycles. The Labute approximate surface area is 53.8 Å². The van der Waals surface area contributed by atoms with E-state index in [4.69, 9.17) is 14.5 Å². The van der Waals surface area contributed by atoms with Crippen LogP contribution in [0.5, 0.6) is 0 Å². The Morgan fingerprint density at radius 1 is 1.56 bits per heavy atom. The molecule has 3 heteroatoms. The molecule has 52 valence electrons. The van der Waals surface area contributed by atoms with Crippen molar-refractivity contribution in [2.24, 2.45) is 0 Å². The quantitative estimate of drug-likeness (QED) is 0.461.